The number of anilines is 1. The molecule has 100 valence electrons. The van der Waals surface area contributed by atoms with Gasteiger partial charge < -0.3 is 5.32 Å². The number of aromatic nitrogens is 1. The molecule has 1 heterocycles. The Morgan fingerprint density at radius 3 is 2.47 bits per heavy atom. The molecular formula is C17H22N2. The van der Waals surface area contributed by atoms with Gasteiger partial charge in [-0.2, -0.15) is 0 Å². The third-order valence-corrected chi connectivity index (χ3v) is 3.43. The normalized spacial score (nSPS) is 12.4. The molecule has 1 aromatic heterocycles. The Kier molecular flexibility index (Phi) is 4.56. The highest BCUT2D eigenvalue weighted by Gasteiger charge is 2.15. The van der Waals surface area contributed by atoms with Crippen molar-refractivity contribution in [2.45, 2.75) is 26.7 Å². The quantitative estimate of drug-likeness (QED) is 0.863. The van der Waals surface area contributed by atoms with Gasteiger partial charge in [-0.3, -0.25) is 4.98 Å². The predicted octanol–water partition coefficient (Wildman–Crippen LogP) is 4.24. The molecular weight excluding hydrogens is 232 g/mol. The van der Waals surface area contributed by atoms with Gasteiger partial charge in [0, 0.05) is 24.9 Å². The molecule has 0 spiro atoms. The molecule has 2 aromatic rings. The predicted molar refractivity (Wildman–Crippen MR) is 81.5 cm³/mol. The zero-order chi connectivity index (χ0) is 13.7. The molecule has 1 unspecified atom stereocenters. The van der Waals surface area contributed by atoms with Crippen molar-refractivity contribution in [1.29, 1.82) is 0 Å². The second-order valence-electron chi connectivity index (χ2n) is 5.39. The van der Waals surface area contributed by atoms with Gasteiger partial charge >= 0.3 is 0 Å². The van der Waals surface area contributed by atoms with Crippen molar-refractivity contribution in [2.75, 3.05) is 11.9 Å². The van der Waals surface area contributed by atoms with Crippen LogP contribution in [0, 0.1) is 12.8 Å². The zero-order valence-electron chi connectivity index (χ0n) is 11.9. The van der Waals surface area contributed by atoms with Gasteiger partial charge in [0.25, 0.3) is 0 Å². The summed E-state index contributed by atoms with van der Waals surface area (Å²) in [6, 6.07) is 12.8. The fraction of sp³-hybridized carbons (Fsp3) is 0.353. The molecule has 0 amide bonds. The lowest BCUT2D eigenvalue weighted by Gasteiger charge is -2.22. The van der Waals surface area contributed by atoms with Gasteiger partial charge in [0.1, 0.15) is 0 Å². The van der Waals surface area contributed by atoms with Gasteiger partial charge in [0.05, 0.1) is 5.69 Å². The lowest BCUT2D eigenvalue weighted by molar-refractivity contribution is 0.517. The summed E-state index contributed by atoms with van der Waals surface area (Å²) in [5, 5.41) is 3.50. The van der Waals surface area contributed by atoms with Gasteiger partial charge in [-0.1, -0.05) is 44.2 Å². The lowest BCUT2D eigenvalue weighted by Crippen LogP contribution is -2.17. The van der Waals surface area contributed by atoms with Crippen LogP contribution in [0.15, 0.2) is 48.8 Å². The number of hydrogen-bond acceptors (Lipinski definition) is 2. The first kappa shape index (κ1) is 13.6. The van der Waals surface area contributed by atoms with E-state index in [-0.39, 0.29) is 0 Å². The molecule has 0 aliphatic rings. The Hall–Kier alpha value is -1.83. The van der Waals surface area contributed by atoms with Crippen molar-refractivity contribution in [2.24, 2.45) is 5.92 Å². The summed E-state index contributed by atoms with van der Waals surface area (Å²) in [6.45, 7) is 7.55. The summed E-state index contributed by atoms with van der Waals surface area (Å²) in [4.78, 5) is 4.22. The molecule has 0 saturated carbocycles. The fourth-order valence-corrected chi connectivity index (χ4v) is 2.32. The molecule has 19 heavy (non-hydrogen) atoms. The van der Waals surface area contributed by atoms with Gasteiger partial charge in [-0.05, 0) is 30.0 Å². The summed E-state index contributed by atoms with van der Waals surface area (Å²) >= 11 is 0. The molecule has 0 radical (unpaired) electrons. The number of nitrogens with zero attached hydrogens (tertiary/aromatic N) is 1. The average molecular weight is 254 g/mol. The highest BCUT2D eigenvalue weighted by molar-refractivity contribution is 5.43. The first-order valence-corrected chi connectivity index (χ1v) is 6.87. The van der Waals surface area contributed by atoms with E-state index in [1.165, 1.54) is 11.1 Å². The molecule has 2 heteroatoms. The Bertz CT molecular complexity index is 506. The Morgan fingerprint density at radius 2 is 1.84 bits per heavy atom. The highest BCUT2D eigenvalue weighted by Crippen LogP contribution is 2.24. The minimum Gasteiger partial charge on any atom is -0.383 e. The van der Waals surface area contributed by atoms with Crippen molar-refractivity contribution < 1.29 is 0 Å². The Morgan fingerprint density at radius 1 is 1.11 bits per heavy atom. The van der Waals surface area contributed by atoms with Crippen LogP contribution in [0.2, 0.25) is 0 Å². The number of nitrogens with one attached hydrogen (secondary N) is 1. The van der Waals surface area contributed by atoms with Crippen molar-refractivity contribution in [3.63, 3.8) is 0 Å². The van der Waals surface area contributed by atoms with Crippen LogP contribution in [0.1, 0.15) is 30.9 Å². The van der Waals surface area contributed by atoms with Gasteiger partial charge in [-0.25, -0.2) is 0 Å². The zero-order valence-corrected chi connectivity index (χ0v) is 11.9. The largest absolute Gasteiger partial charge is 0.383 e. The van der Waals surface area contributed by atoms with Crippen molar-refractivity contribution in [3.8, 4) is 0 Å². The van der Waals surface area contributed by atoms with E-state index in [1.54, 1.807) is 0 Å². The van der Waals surface area contributed by atoms with E-state index in [2.05, 4.69) is 67.5 Å². The first-order chi connectivity index (χ1) is 9.16. The monoisotopic (exact) mass is 254 g/mol. The number of aryl methyl sites for hydroxylation is 1. The first-order valence-electron chi connectivity index (χ1n) is 6.87. The summed E-state index contributed by atoms with van der Waals surface area (Å²) in [6.07, 6.45) is 3.76. The Labute approximate surface area is 115 Å². The number of rotatable bonds is 5. The van der Waals surface area contributed by atoms with Crippen LogP contribution in [-0.4, -0.2) is 11.5 Å². The van der Waals surface area contributed by atoms with Crippen LogP contribution in [0.25, 0.3) is 0 Å². The summed E-state index contributed by atoms with van der Waals surface area (Å²) in [7, 11) is 0. The molecule has 1 aromatic carbocycles. The summed E-state index contributed by atoms with van der Waals surface area (Å²) < 4.78 is 0. The topological polar surface area (TPSA) is 24.9 Å². The summed E-state index contributed by atoms with van der Waals surface area (Å²) in [5.74, 6) is 1.12. The summed E-state index contributed by atoms with van der Waals surface area (Å²) in [5.41, 5.74) is 3.68. The Balaban J connectivity index is 2.06. The van der Waals surface area contributed by atoms with E-state index in [9.17, 15) is 0 Å². The maximum atomic E-state index is 4.22. The van der Waals surface area contributed by atoms with E-state index in [4.69, 9.17) is 0 Å². The van der Waals surface area contributed by atoms with Crippen molar-refractivity contribution in [1.82, 2.24) is 4.98 Å². The second kappa shape index (κ2) is 6.37. The van der Waals surface area contributed by atoms with E-state index < -0.39 is 0 Å². The maximum absolute atomic E-state index is 4.22. The average Bonchev–Trinajstić information content (AvgIpc) is 2.40. The molecule has 2 nitrogen and oxygen atoms in total. The molecule has 2 rings (SSSR count). The molecule has 0 bridgehead atoms. The van der Waals surface area contributed by atoms with Gasteiger partial charge in [0.15, 0.2) is 0 Å². The molecule has 0 saturated heterocycles. The van der Waals surface area contributed by atoms with Gasteiger partial charge in [-0.15, -0.1) is 0 Å². The van der Waals surface area contributed by atoms with E-state index in [0.717, 1.165) is 12.2 Å². The second-order valence-corrected chi connectivity index (χ2v) is 5.39. The lowest BCUT2D eigenvalue weighted by atomic mass is 9.88. The minimum atomic E-state index is 0.515. The molecule has 0 aliphatic carbocycles. The number of hydrogen-bond donors (Lipinski definition) is 1. The SMILES string of the molecule is Cc1cncc(NCC(c2ccccc2)C(C)C)c1. The van der Waals surface area contributed by atoms with Gasteiger partial charge in [0.2, 0.25) is 0 Å². The van der Waals surface area contributed by atoms with Crippen molar-refractivity contribution in [3.05, 3.63) is 59.9 Å². The minimum absolute atomic E-state index is 0.515. The molecule has 1 N–H and O–H groups in total. The third kappa shape index (κ3) is 3.82. The third-order valence-electron chi connectivity index (χ3n) is 3.43. The maximum Gasteiger partial charge on any atom is 0.0529 e. The van der Waals surface area contributed by atoms with E-state index in [0.29, 0.717) is 11.8 Å². The van der Waals surface area contributed by atoms with Crippen LogP contribution in [0.3, 0.4) is 0 Å². The highest BCUT2D eigenvalue weighted by atomic mass is 14.9. The molecule has 0 aliphatic heterocycles. The smallest absolute Gasteiger partial charge is 0.0529 e. The molecule has 0 fully saturated rings. The fourth-order valence-electron chi connectivity index (χ4n) is 2.32. The number of pyridine rings is 1. The van der Waals surface area contributed by atoms with Crippen LogP contribution >= 0.6 is 0 Å². The van der Waals surface area contributed by atoms with Crippen LogP contribution < -0.4 is 5.32 Å². The van der Waals surface area contributed by atoms with Crippen LogP contribution in [0.4, 0.5) is 5.69 Å². The van der Waals surface area contributed by atoms with Crippen LogP contribution in [-0.2, 0) is 0 Å². The van der Waals surface area contributed by atoms with Crippen LogP contribution in [0.5, 0.6) is 0 Å². The number of benzene rings is 1. The van der Waals surface area contributed by atoms with E-state index in [1.807, 2.05) is 12.4 Å². The van der Waals surface area contributed by atoms with E-state index >= 15 is 0 Å². The van der Waals surface area contributed by atoms with Crippen molar-refractivity contribution >= 4 is 5.69 Å². The standard InChI is InChI=1S/C17H22N2/c1-13(2)17(15-7-5-4-6-8-15)12-19-16-9-14(3)10-18-11-16/h4-11,13,17,19H,12H2,1-3H3. The molecule has 1 atom stereocenters.